The Hall–Kier alpha value is -2.22. The van der Waals surface area contributed by atoms with Gasteiger partial charge in [0.1, 0.15) is 0 Å². The maximum atomic E-state index is 12.6. The lowest BCUT2D eigenvalue weighted by atomic mass is 10.2. The van der Waals surface area contributed by atoms with Crippen molar-refractivity contribution in [3.8, 4) is 0 Å². The Labute approximate surface area is 166 Å². The molecule has 0 aromatic heterocycles. The van der Waals surface area contributed by atoms with E-state index < -0.39 is 10.0 Å². The Morgan fingerprint density at radius 3 is 2.54 bits per heavy atom. The van der Waals surface area contributed by atoms with Crippen LogP contribution in [0, 0.1) is 0 Å². The van der Waals surface area contributed by atoms with Gasteiger partial charge in [0.2, 0.25) is 10.0 Å². The van der Waals surface area contributed by atoms with E-state index in [9.17, 15) is 13.2 Å². The molecule has 1 atom stereocenters. The second-order valence-corrected chi connectivity index (χ2v) is 9.32. The molecule has 0 bridgehead atoms. The Bertz CT molecular complexity index is 942. The second-order valence-electron chi connectivity index (χ2n) is 7.60. The van der Waals surface area contributed by atoms with Crippen molar-refractivity contribution in [2.45, 2.75) is 42.8 Å². The number of hydrogen-bond acceptors (Lipinski definition) is 4. The van der Waals surface area contributed by atoms with Gasteiger partial charge in [0, 0.05) is 37.3 Å². The van der Waals surface area contributed by atoms with Crippen LogP contribution >= 0.6 is 0 Å². The maximum Gasteiger partial charge on any atom is 0.251 e. The number of nitrogens with zero attached hydrogens (tertiary/aromatic N) is 1. The van der Waals surface area contributed by atoms with Gasteiger partial charge in [0.15, 0.2) is 0 Å². The van der Waals surface area contributed by atoms with Crippen LogP contribution in [-0.4, -0.2) is 44.4 Å². The fourth-order valence-electron chi connectivity index (χ4n) is 3.50. The molecular weight excluding hydrogens is 374 g/mol. The third kappa shape index (κ3) is 4.79. The topological polar surface area (TPSA) is 78.5 Å². The van der Waals surface area contributed by atoms with Crippen LogP contribution in [0.25, 0.3) is 0 Å². The van der Waals surface area contributed by atoms with E-state index in [-0.39, 0.29) is 22.9 Å². The fourth-order valence-corrected chi connectivity index (χ4v) is 4.85. The molecule has 4 rings (SSSR count). The van der Waals surface area contributed by atoms with Crippen LogP contribution in [-0.2, 0) is 16.6 Å². The molecule has 1 saturated heterocycles. The van der Waals surface area contributed by atoms with Crippen molar-refractivity contribution in [2.24, 2.45) is 0 Å². The molecule has 1 unspecified atom stereocenters. The van der Waals surface area contributed by atoms with Gasteiger partial charge in [0.05, 0.1) is 4.90 Å². The zero-order chi connectivity index (χ0) is 19.6. The van der Waals surface area contributed by atoms with Gasteiger partial charge in [-0.15, -0.1) is 0 Å². The molecule has 6 nitrogen and oxygen atoms in total. The number of likely N-dealkylation sites (tertiary alicyclic amines) is 1. The van der Waals surface area contributed by atoms with Gasteiger partial charge in [-0.2, -0.15) is 0 Å². The predicted octanol–water partition coefficient (Wildman–Crippen LogP) is 2.13. The van der Waals surface area contributed by atoms with Crippen molar-refractivity contribution in [3.63, 3.8) is 0 Å². The molecule has 28 heavy (non-hydrogen) atoms. The van der Waals surface area contributed by atoms with E-state index in [1.807, 2.05) is 18.2 Å². The summed E-state index contributed by atoms with van der Waals surface area (Å²) in [6, 6.07) is 16.6. The number of nitrogens with one attached hydrogen (secondary N) is 2. The monoisotopic (exact) mass is 399 g/mol. The lowest BCUT2D eigenvalue weighted by molar-refractivity contribution is 0.0937. The van der Waals surface area contributed by atoms with E-state index in [0.29, 0.717) is 5.56 Å². The molecular formula is C21H25N3O3S. The standard InChI is InChI=1S/C21H25N3O3S/c25-21(17-7-4-8-20(13-17)28(26,27)23-18-9-10-18)22-19-11-12-24(15-19)14-16-5-2-1-3-6-16/h1-8,13,18-19,23H,9-12,14-15H2,(H,22,25). The molecule has 2 aromatic rings. The number of carbonyl (C=O) groups is 1. The highest BCUT2D eigenvalue weighted by Crippen LogP contribution is 2.22. The summed E-state index contributed by atoms with van der Waals surface area (Å²) in [5, 5.41) is 3.05. The molecule has 1 saturated carbocycles. The van der Waals surface area contributed by atoms with Gasteiger partial charge in [-0.05, 0) is 43.0 Å². The summed E-state index contributed by atoms with van der Waals surface area (Å²) in [6.07, 6.45) is 2.64. The summed E-state index contributed by atoms with van der Waals surface area (Å²) in [5.41, 5.74) is 1.63. The average molecular weight is 400 g/mol. The van der Waals surface area contributed by atoms with E-state index >= 15 is 0 Å². The number of carbonyl (C=O) groups excluding carboxylic acids is 1. The normalized spacial score (nSPS) is 20.2. The average Bonchev–Trinajstić information content (AvgIpc) is 3.39. The van der Waals surface area contributed by atoms with E-state index in [2.05, 4.69) is 27.1 Å². The lowest BCUT2D eigenvalue weighted by Crippen LogP contribution is -2.37. The summed E-state index contributed by atoms with van der Waals surface area (Å²) in [5.74, 6) is -0.227. The van der Waals surface area contributed by atoms with Crippen molar-refractivity contribution in [2.75, 3.05) is 13.1 Å². The largest absolute Gasteiger partial charge is 0.348 e. The zero-order valence-electron chi connectivity index (χ0n) is 15.7. The van der Waals surface area contributed by atoms with Crippen molar-refractivity contribution in [1.29, 1.82) is 0 Å². The van der Waals surface area contributed by atoms with Crippen molar-refractivity contribution in [1.82, 2.24) is 14.9 Å². The summed E-state index contributed by atoms with van der Waals surface area (Å²) in [6.45, 7) is 2.59. The molecule has 2 aliphatic rings. The van der Waals surface area contributed by atoms with Gasteiger partial charge < -0.3 is 5.32 Å². The van der Waals surface area contributed by atoms with E-state index in [1.165, 1.54) is 17.7 Å². The Morgan fingerprint density at radius 2 is 1.79 bits per heavy atom. The SMILES string of the molecule is O=C(NC1CCN(Cc2ccccc2)C1)c1cccc(S(=O)(=O)NC2CC2)c1. The number of amides is 1. The quantitative estimate of drug-likeness (QED) is 0.748. The highest BCUT2D eigenvalue weighted by Gasteiger charge is 2.29. The summed E-state index contributed by atoms with van der Waals surface area (Å²) in [4.78, 5) is 15.1. The smallest absolute Gasteiger partial charge is 0.251 e. The number of hydrogen-bond donors (Lipinski definition) is 2. The molecule has 148 valence electrons. The molecule has 1 heterocycles. The zero-order valence-corrected chi connectivity index (χ0v) is 16.5. The van der Waals surface area contributed by atoms with Crippen LogP contribution in [0.4, 0.5) is 0 Å². The van der Waals surface area contributed by atoms with Gasteiger partial charge in [-0.3, -0.25) is 9.69 Å². The van der Waals surface area contributed by atoms with E-state index in [4.69, 9.17) is 0 Å². The Kier molecular flexibility index (Phi) is 5.48. The summed E-state index contributed by atoms with van der Waals surface area (Å²) >= 11 is 0. The minimum absolute atomic E-state index is 0.0385. The minimum Gasteiger partial charge on any atom is -0.348 e. The molecule has 2 aromatic carbocycles. The maximum absolute atomic E-state index is 12.6. The van der Waals surface area contributed by atoms with Crippen molar-refractivity contribution < 1.29 is 13.2 Å². The summed E-state index contributed by atoms with van der Waals surface area (Å²) < 4.78 is 27.4. The predicted molar refractivity (Wildman–Crippen MR) is 107 cm³/mol. The van der Waals surface area contributed by atoms with Gasteiger partial charge in [-0.1, -0.05) is 36.4 Å². The Balaban J connectivity index is 1.35. The van der Waals surface area contributed by atoms with Crippen LogP contribution in [0.2, 0.25) is 0 Å². The lowest BCUT2D eigenvalue weighted by Gasteiger charge is -2.17. The van der Waals surface area contributed by atoms with Crippen LogP contribution in [0.15, 0.2) is 59.5 Å². The molecule has 0 radical (unpaired) electrons. The van der Waals surface area contributed by atoms with Gasteiger partial charge >= 0.3 is 0 Å². The van der Waals surface area contributed by atoms with Crippen molar-refractivity contribution >= 4 is 15.9 Å². The third-order valence-corrected chi connectivity index (χ3v) is 6.68. The molecule has 1 aliphatic carbocycles. The first-order valence-corrected chi connectivity index (χ1v) is 11.2. The first-order valence-electron chi connectivity index (χ1n) is 9.69. The molecule has 0 spiro atoms. The summed E-state index contributed by atoms with van der Waals surface area (Å²) in [7, 11) is -3.56. The second kappa shape index (κ2) is 8.03. The first-order chi connectivity index (χ1) is 13.5. The van der Waals surface area contributed by atoms with Crippen LogP contribution in [0.5, 0.6) is 0 Å². The number of benzene rings is 2. The molecule has 7 heteroatoms. The number of sulfonamides is 1. The van der Waals surface area contributed by atoms with E-state index in [1.54, 1.807) is 12.1 Å². The van der Waals surface area contributed by atoms with Crippen LogP contribution in [0.1, 0.15) is 35.2 Å². The Morgan fingerprint density at radius 1 is 1.00 bits per heavy atom. The van der Waals surface area contributed by atoms with E-state index in [0.717, 1.165) is 38.9 Å². The van der Waals surface area contributed by atoms with Crippen LogP contribution < -0.4 is 10.0 Å². The highest BCUT2D eigenvalue weighted by atomic mass is 32.2. The fraction of sp³-hybridized carbons (Fsp3) is 0.381. The van der Waals surface area contributed by atoms with Gasteiger partial charge in [-0.25, -0.2) is 13.1 Å². The third-order valence-electron chi connectivity index (χ3n) is 5.16. The molecule has 2 fully saturated rings. The first kappa shape index (κ1) is 19.1. The molecule has 2 N–H and O–H groups in total. The van der Waals surface area contributed by atoms with Crippen LogP contribution in [0.3, 0.4) is 0 Å². The van der Waals surface area contributed by atoms with Gasteiger partial charge in [0.25, 0.3) is 5.91 Å². The van der Waals surface area contributed by atoms with Crippen molar-refractivity contribution in [3.05, 3.63) is 65.7 Å². The molecule has 1 aliphatic heterocycles. The molecule has 1 amide bonds. The highest BCUT2D eigenvalue weighted by molar-refractivity contribution is 7.89. The minimum atomic E-state index is -3.56. The number of rotatable bonds is 7.